The minimum absolute atomic E-state index is 0.0348. The van der Waals surface area contributed by atoms with Gasteiger partial charge in [0.1, 0.15) is 5.82 Å². The van der Waals surface area contributed by atoms with E-state index < -0.39 is 17.8 Å². The summed E-state index contributed by atoms with van der Waals surface area (Å²) in [6, 6.07) is 4.81. The molecule has 0 spiro atoms. The third kappa shape index (κ3) is 4.64. The molecule has 1 aromatic carbocycles. The molecule has 1 heterocycles. The quantitative estimate of drug-likeness (QED) is 0.561. The fourth-order valence-corrected chi connectivity index (χ4v) is 2.91. The average Bonchev–Trinajstić information content (AvgIpc) is 2.95. The number of esters is 1. The topological polar surface area (TPSA) is 91.5 Å². The molecule has 2 N–H and O–H groups in total. The van der Waals surface area contributed by atoms with Crippen LogP contribution in [-0.2, 0) is 9.53 Å². The van der Waals surface area contributed by atoms with Crippen LogP contribution in [0, 0.1) is 19.7 Å². The molecule has 7 nitrogen and oxygen atoms in total. The molecule has 0 aliphatic rings. The van der Waals surface area contributed by atoms with Gasteiger partial charge in [-0.2, -0.15) is 0 Å². The van der Waals surface area contributed by atoms with Gasteiger partial charge >= 0.3 is 5.97 Å². The lowest BCUT2D eigenvalue weighted by atomic mass is 10.0. The van der Waals surface area contributed by atoms with Crippen molar-refractivity contribution in [2.24, 2.45) is 0 Å². The maximum atomic E-state index is 12.9. The van der Waals surface area contributed by atoms with Gasteiger partial charge in [0.25, 0.3) is 0 Å². The Labute approximate surface area is 162 Å². The van der Waals surface area contributed by atoms with Crippen LogP contribution in [-0.4, -0.2) is 54.3 Å². The number of ketones is 1. The first-order valence-electron chi connectivity index (χ1n) is 8.73. The summed E-state index contributed by atoms with van der Waals surface area (Å²) in [4.78, 5) is 41.5. The number of likely N-dealkylation sites (N-methyl/N-ethyl adjacent to an activating group) is 1. The van der Waals surface area contributed by atoms with E-state index in [4.69, 9.17) is 4.74 Å². The number of hydrogen-bond acceptors (Lipinski definition) is 5. The zero-order valence-corrected chi connectivity index (χ0v) is 16.6. The third-order valence-corrected chi connectivity index (χ3v) is 4.64. The number of ether oxygens (including phenoxy) is 1. The third-order valence-electron chi connectivity index (χ3n) is 4.64. The highest BCUT2D eigenvalue weighted by Gasteiger charge is 2.27. The van der Waals surface area contributed by atoms with E-state index in [1.165, 1.54) is 31.4 Å². The summed E-state index contributed by atoms with van der Waals surface area (Å²) in [5, 5.41) is 2.65. The molecule has 2 rings (SSSR count). The number of Topliss-reactive ketones (excluding diaryl/α,β-unsaturated/α-hetero) is 1. The molecule has 0 saturated carbocycles. The number of hydrogen-bond donors (Lipinski definition) is 2. The number of nitrogens with zero attached hydrogens (tertiary/aromatic N) is 1. The van der Waals surface area contributed by atoms with Gasteiger partial charge in [0.15, 0.2) is 5.78 Å². The largest absolute Gasteiger partial charge is 0.465 e. The Morgan fingerprint density at radius 3 is 2.39 bits per heavy atom. The van der Waals surface area contributed by atoms with Crippen molar-refractivity contribution in [3.8, 4) is 0 Å². The summed E-state index contributed by atoms with van der Waals surface area (Å²) in [5.74, 6) is -1.47. The summed E-state index contributed by atoms with van der Waals surface area (Å²) in [7, 11) is 2.94. The van der Waals surface area contributed by atoms with Gasteiger partial charge in [0, 0.05) is 11.4 Å². The second-order valence-corrected chi connectivity index (χ2v) is 6.63. The lowest BCUT2D eigenvalue weighted by molar-refractivity contribution is -0.117. The molecule has 8 heteroatoms. The number of methoxy groups -OCH3 is 1. The van der Waals surface area contributed by atoms with E-state index in [1.54, 1.807) is 32.7 Å². The standard InChI is InChI=1S/C20H24FN3O4/c1-11-17(20(27)28-5)12(2)22-18(11)19(26)13(3)24(4)10-16(25)23-15-8-6-14(21)7-9-15/h6-9,13,22H,10H2,1-5H3,(H,23,25)/t13-/m0/s1. The first kappa shape index (κ1) is 21.3. The highest BCUT2D eigenvalue weighted by atomic mass is 19.1. The molecule has 0 bridgehead atoms. The van der Waals surface area contributed by atoms with Crippen molar-refractivity contribution in [1.82, 2.24) is 9.88 Å². The molecule has 0 aliphatic heterocycles. The number of nitrogens with one attached hydrogen (secondary N) is 2. The van der Waals surface area contributed by atoms with Crippen LogP contribution in [0.2, 0.25) is 0 Å². The monoisotopic (exact) mass is 389 g/mol. The molecule has 2 aromatic rings. The van der Waals surface area contributed by atoms with Crippen molar-refractivity contribution in [3.05, 3.63) is 52.6 Å². The number of amides is 1. The number of benzene rings is 1. The lowest BCUT2D eigenvalue weighted by Gasteiger charge is -2.23. The maximum Gasteiger partial charge on any atom is 0.339 e. The Kier molecular flexibility index (Phi) is 6.69. The van der Waals surface area contributed by atoms with Crippen molar-refractivity contribution in [1.29, 1.82) is 0 Å². The Balaban J connectivity index is 2.07. The molecule has 0 aliphatic carbocycles. The lowest BCUT2D eigenvalue weighted by Crippen LogP contribution is -2.41. The van der Waals surface area contributed by atoms with Gasteiger partial charge in [-0.3, -0.25) is 14.5 Å². The summed E-state index contributed by atoms with van der Waals surface area (Å²) in [6.45, 7) is 5.02. The van der Waals surface area contributed by atoms with Gasteiger partial charge < -0.3 is 15.0 Å². The van der Waals surface area contributed by atoms with Crippen molar-refractivity contribution < 1.29 is 23.5 Å². The van der Waals surface area contributed by atoms with Gasteiger partial charge in [-0.1, -0.05) is 0 Å². The second kappa shape index (κ2) is 8.79. The molecule has 150 valence electrons. The van der Waals surface area contributed by atoms with Crippen LogP contribution in [0.25, 0.3) is 0 Å². The van der Waals surface area contributed by atoms with Crippen molar-refractivity contribution in [2.75, 3.05) is 26.0 Å². The Hall–Kier alpha value is -3.00. The molecular weight excluding hydrogens is 365 g/mol. The maximum absolute atomic E-state index is 12.9. The van der Waals surface area contributed by atoms with Crippen LogP contribution in [0.1, 0.15) is 39.0 Å². The van der Waals surface area contributed by atoms with E-state index in [0.29, 0.717) is 28.2 Å². The minimum atomic E-state index is -0.610. The summed E-state index contributed by atoms with van der Waals surface area (Å²) in [5.41, 5.74) is 2.20. The van der Waals surface area contributed by atoms with E-state index >= 15 is 0 Å². The molecule has 1 aromatic heterocycles. The van der Waals surface area contributed by atoms with E-state index in [-0.39, 0.29) is 18.2 Å². The number of H-pyrrole nitrogens is 1. The molecule has 0 radical (unpaired) electrons. The molecule has 28 heavy (non-hydrogen) atoms. The smallest absolute Gasteiger partial charge is 0.339 e. The summed E-state index contributed by atoms with van der Waals surface area (Å²) in [6.07, 6.45) is 0. The van der Waals surface area contributed by atoms with Gasteiger partial charge in [0.05, 0.1) is 31.0 Å². The van der Waals surface area contributed by atoms with E-state index in [1.807, 2.05) is 0 Å². The minimum Gasteiger partial charge on any atom is -0.465 e. The number of rotatable bonds is 7. The van der Waals surface area contributed by atoms with Crippen molar-refractivity contribution in [2.45, 2.75) is 26.8 Å². The Morgan fingerprint density at radius 2 is 1.82 bits per heavy atom. The number of aromatic nitrogens is 1. The van der Waals surface area contributed by atoms with Crippen LogP contribution < -0.4 is 5.32 Å². The molecule has 0 saturated heterocycles. The molecule has 1 atom stereocenters. The van der Waals surface area contributed by atoms with Crippen LogP contribution in [0.3, 0.4) is 0 Å². The zero-order chi connectivity index (χ0) is 21.0. The number of carbonyl (C=O) groups excluding carboxylic acids is 3. The fraction of sp³-hybridized carbons (Fsp3) is 0.350. The predicted molar refractivity (Wildman–Crippen MR) is 103 cm³/mol. The molecule has 0 fully saturated rings. The van der Waals surface area contributed by atoms with Gasteiger partial charge in [-0.25, -0.2) is 9.18 Å². The molecular formula is C20H24FN3O4. The van der Waals surface area contributed by atoms with E-state index in [0.717, 1.165) is 0 Å². The predicted octanol–water partition coefficient (Wildman–Crippen LogP) is 2.70. The molecule has 0 unspecified atom stereocenters. The van der Waals surface area contributed by atoms with Crippen LogP contribution in [0.15, 0.2) is 24.3 Å². The van der Waals surface area contributed by atoms with Gasteiger partial charge in [-0.15, -0.1) is 0 Å². The van der Waals surface area contributed by atoms with E-state index in [9.17, 15) is 18.8 Å². The first-order valence-corrected chi connectivity index (χ1v) is 8.73. The van der Waals surface area contributed by atoms with Crippen molar-refractivity contribution in [3.63, 3.8) is 0 Å². The van der Waals surface area contributed by atoms with Crippen LogP contribution >= 0.6 is 0 Å². The van der Waals surface area contributed by atoms with Crippen LogP contribution in [0.4, 0.5) is 10.1 Å². The first-order chi connectivity index (χ1) is 13.1. The van der Waals surface area contributed by atoms with E-state index in [2.05, 4.69) is 10.3 Å². The number of halogens is 1. The Morgan fingerprint density at radius 1 is 1.21 bits per heavy atom. The Bertz CT molecular complexity index is 890. The number of anilines is 1. The zero-order valence-electron chi connectivity index (χ0n) is 16.6. The number of carbonyl (C=O) groups is 3. The van der Waals surface area contributed by atoms with Gasteiger partial charge in [-0.05, 0) is 57.6 Å². The van der Waals surface area contributed by atoms with Crippen LogP contribution in [0.5, 0.6) is 0 Å². The SMILES string of the molecule is COC(=O)c1c(C)[nH]c(C(=O)[C@H](C)N(C)CC(=O)Nc2ccc(F)cc2)c1C. The number of aryl methyl sites for hydroxylation is 1. The fourth-order valence-electron chi connectivity index (χ4n) is 2.91. The number of aromatic amines is 1. The van der Waals surface area contributed by atoms with Crippen molar-refractivity contribution >= 4 is 23.3 Å². The van der Waals surface area contributed by atoms with Gasteiger partial charge in [0.2, 0.25) is 5.91 Å². The molecule has 1 amide bonds. The second-order valence-electron chi connectivity index (χ2n) is 6.63. The average molecular weight is 389 g/mol. The summed E-state index contributed by atoms with van der Waals surface area (Å²) >= 11 is 0. The normalized spacial score (nSPS) is 12.0. The highest BCUT2D eigenvalue weighted by molar-refractivity contribution is 6.04. The highest BCUT2D eigenvalue weighted by Crippen LogP contribution is 2.21. The summed E-state index contributed by atoms with van der Waals surface area (Å²) < 4.78 is 17.7.